The van der Waals surface area contributed by atoms with Crippen molar-refractivity contribution in [2.75, 3.05) is 13.1 Å². The Labute approximate surface area is 109 Å². The van der Waals surface area contributed by atoms with Crippen LogP contribution in [0.3, 0.4) is 0 Å². The highest BCUT2D eigenvalue weighted by atomic mass is 35.5. The molecule has 0 amide bonds. The van der Waals surface area contributed by atoms with Gasteiger partial charge >= 0.3 is 0 Å². The van der Waals surface area contributed by atoms with Crippen LogP contribution in [-0.2, 0) is 6.54 Å². The number of nitro groups is 1. The van der Waals surface area contributed by atoms with E-state index in [1.807, 2.05) is 4.90 Å². The molecule has 0 saturated carbocycles. The second-order valence-electron chi connectivity index (χ2n) is 4.05. The molecule has 6 nitrogen and oxygen atoms in total. The van der Waals surface area contributed by atoms with Gasteiger partial charge in [0.05, 0.1) is 16.5 Å². The molecule has 7 heteroatoms. The molecule has 0 radical (unpaired) electrons. The molecule has 1 aliphatic heterocycles. The van der Waals surface area contributed by atoms with E-state index in [0.29, 0.717) is 17.5 Å². The second kappa shape index (κ2) is 5.22. The van der Waals surface area contributed by atoms with Gasteiger partial charge in [0.1, 0.15) is 0 Å². The average molecular weight is 269 g/mol. The standard InChI is InChI=1S/C11H13ClN4O2/c12-10-6-9(16(17)18)3-2-8(10)7-14-11(13)15-4-1-5-15/h2-3,6H,1,4-5,7H2,(H2,13,14). The monoisotopic (exact) mass is 268 g/mol. The zero-order chi connectivity index (χ0) is 13.1. The molecule has 0 spiro atoms. The molecule has 2 N–H and O–H groups in total. The number of benzene rings is 1. The summed E-state index contributed by atoms with van der Waals surface area (Å²) in [6.45, 7) is 2.20. The van der Waals surface area contributed by atoms with Crippen LogP contribution >= 0.6 is 11.6 Å². The number of hydrogen-bond donors (Lipinski definition) is 1. The van der Waals surface area contributed by atoms with Gasteiger partial charge in [-0.15, -0.1) is 0 Å². The number of non-ortho nitro benzene ring substituents is 1. The SMILES string of the molecule is NC(=NCc1ccc([N+](=O)[O-])cc1Cl)N1CCC1. The first-order valence-corrected chi connectivity index (χ1v) is 5.93. The van der Waals surface area contributed by atoms with Gasteiger partial charge in [0, 0.05) is 25.2 Å². The predicted octanol–water partition coefficient (Wildman–Crippen LogP) is 1.77. The molecule has 1 saturated heterocycles. The first kappa shape index (κ1) is 12.6. The Balaban J connectivity index is 2.07. The highest BCUT2D eigenvalue weighted by Crippen LogP contribution is 2.23. The number of nitrogens with zero attached hydrogens (tertiary/aromatic N) is 3. The van der Waals surface area contributed by atoms with E-state index in [2.05, 4.69) is 4.99 Å². The lowest BCUT2D eigenvalue weighted by Gasteiger charge is -2.31. The highest BCUT2D eigenvalue weighted by molar-refractivity contribution is 6.31. The van der Waals surface area contributed by atoms with E-state index in [1.165, 1.54) is 12.1 Å². The summed E-state index contributed by atoms with van der Waals surface area (Å²) in [7, 11) is 0. The molecule has 96 valence electrons. The Morgan fingerprint density at radius 1 is 1.56 bits per heavy atom. The minimum atomic E-state index is -0.479. The maximum absolute atomic E-state index is 10.6. The number of hydrogen-bond acceptors (Lipinski definition) is 3. The average Bonchev–Trinajstić information content (AvgIpc) is 2.24. The second-order valence-corrected chi connectivity index (χ2v) is 4.46. The number of nitrogens with two attached hydrogens (primary N) is 1. The summed E-state index contributed by atoms with van der Waals surface area (Å²) in [6, 6.07) is 4.34. The van der Waals surface area contributed by atoms with Crippen LogP contribution < -0.4 is 5.73 Å². The van der Waals surface area contributed by atoms with Gasteiger partial charge in [-0.3, -0.25) is 10.1 Å². The lowest BCUT2D eigenvalue weighted by Crippen LogP contribution is -2.46. The Kier molecular flexibility index (Phi) is 3.66. The summed E-state index contributed by atoms with van der Waals surface area (Å²) in [5.74, 6) is 0.496. The molecule has 1 aromatic carbocycles. The van der Waals surface area contributed by atoms with Crippen molar-refractivity contribution in [2.45, 2.75) is 13.0 Å². The van der Waals surface area contributed by atoms with Crippen LogP contribution in [0.25, 0.3) is 0 Å². The maximum atomic E-state index is 10.6. The third-order valence-electron chi connectivity index (χ3n) is 2.84. The zero-order valence-corrected chi connectivity index (χ0v) is 10.4. The van der Waals surface area contributed by atoms with E-state index in [0.717, 1.165) is 25.1 Å². The first-order valence-electron chi connectivity index (χ1n) is 5.55. The van der Waals surface area contributed by atoms with Gasteiger partial charge in [0.15, 0.2) is 5.96 Å². The van der Waals surface area contributed by atoms with Crippen molar-refractivity contribution in [1.82, 2.24) is 4.90 Å². The van der Waals surface area contributed by atoms with Crippen LogP contribution in [0.1, 0.15) is 12.0 Å². The lowest BCUT2D eigenvalue weighted by molar-refractivity contribution is -0.384. The summed E-state index contributed by atoms with van der Waals surface area (Å²) >= 11 is 5.96. The number of guanidine groups is 1. The Morgan fingerprint density at radius 2 is 2.28 bits per heavy atom. The quantitative estimate of drug-likeness (QED) is 0.392. The van der Waals surface area contributed by atoms with Crippen LogP contribution in [0.5, 0.6) is 0 Å². The van der Waals surface area contributed by atoms with Crippen LogP contribution in [0.4, 0.5) is 5.69 Å². The molecule has 1 heterocycles. The summed E-state index contributed by atoms with van der Waals surface area (Å²) in [4.78, 5) is 16.3. The van der Waals surface area contributed by atoms with E-state index in [1.54, 1.807) is 6.07 Å². The van der Waals surface area contributed by atoms with Crippen molar-refractivity contribution in [3.63, 3.8) is 0 Å². The lowest BCUT2D eigenvalue weighted by atomic mass is 10.2. The molecule has 0 unspecified atom stereocenters. The van der Waals surface area contributed by atoms with Gasteiger partial charge in [-0.05, 0) is 18.1 Å². The molecule has 1 aromatic rings. The summed E-state index contributed by atoms with van der Waals surface area (Å²) in [5.41, 5.74) is 6.48. The third-order valence-corrected chi connectivity index (χ3v) is 3.19. The minimum Gasteiger partial charge on any atom is -0.370 e. The summed E-state index contributed by atoms with van der Waals surface area (Å²) in [5, 5.41) is 10.9. The van der Waals surface area contributed by atoms with Crippen molar-refractivity contribution >= 4 is 23.2 Å². The Morgan fingerprint density at radius 3 is 2.78 bits per heavy atom. The number of nitro benzene ring substituents is 1. The predicted molar refractivity (Wildman–Crippen MR) is 69.6 cm³/mol. The molecule has 0 aliphatic carbocycles. The summed E-state index contributed by atoms with van der Waals surface area (Å²) < 4.78 is 0. The van der Waals surface area contributed by atoms with Crippen molar-refractivity contribution < 1.29 is 4.92 Å². The molecule has 0 atom stereocenters. The number of rotatable bonds is 3. The largest absolute Gasteiger partial charge is 0.370 e. The molecule has 2 rings (SSSR count). The topological polar surface area (TPSA) is 84.8 Å². The van der Waals surface area contributed by atoms with Crippen molar-refractivity contribution in [3.05, 3.63) is 38.9 Å². The molecule has 1 aliphatic rings. The zero-order valence-electron chi connectivity index (χ0n) is 9.67. The van der Waals surface area contributed by atoms with Crippen LogP contribution in [0, 0.1) is 10.1 Å². The molecule has 18 heavy (non-hydrogen) atoms. The van der Waals surface area contributed by atoms with E-state index in [4.69, 9.17) is 17.3 Å². The molecular formula is C11H13ClN4O2. The van der Waals surface area contributed by atoms with Crippen LogP contribution in [0.15, 0.2) is 23.2 Å². The van der Waals surface area contributed by atoms with E-state index >= 15 is 0 Å². The number of aliphatic imine (C=N–C) groups is 1. The van der Waals surface area contributed by atoms with Crippen molar-refractivity contribution in [1.29, 1.82) is 0 Å². The first-order chi connectivity index (χ1) is 8.58. The summed E-state index contributed by atoms with van der Waals surface area (Å²) in [6.07, 6.45) is 1.13. The van der Waals surface area contributed by atoms with Crippen LogP contribution in [-0.4, -0.2) is 28.9 Å². The van der Waals surface area contributed by atoms with Crippen LogP contribution in [0.2, 0.25) is 5.02 Å². The fourth-order valence-electron chi connectivity index (χ4n) is 1.59. The highest BCUT2D eigenvalue weighted by Gasteiger charge is 2.15. The minimum absolute atomic E-state index is 0.0246. The molecule has 0 aromatic heterocycles. The van der Waals surface area contributed by atoms with E-state index in [-0.39, 0.29) is 5.69 Å². The molecule has 0 bridgehead atoms. The van der Waals surface area contributed by atoms with Crippen molar-refractivity contribution in [2.24, 2.45) is 10.7 Å². The molecule has 1 fully saturated rings. The van der Waals surface area contributed by atoms with Gasteiger partial charge in [-0.2, -0.15) is 0 Å². The third kappa shape index (κ3) is 2.70. The van der Waals surface area contributed by atoms with Gasteiger partial charge < -0.3 is 10.6 Å². The van der Waals surface area contributed by atoms with Gasteiger partial charge in [-0.25, -0.2) is 4.99 Å². The number of likely N-dealkylation sites (tertiary alicyclic amines) is 1. The van der Waals surface area contributed by atoms with Gasteiger partial charge in [-0.1, -0.05) is 11.6 Å². The Bertz CT molecular complexity index is 500. The van der Waals surface area contributed by atoms with Gasteiger partial charge in [0.2, 0.25) is 0 Å². The van der Waals surface area contributed by atoms with E-state index in [9.17, 15) is 10.1 Å². The normalized spacial score (nSPS) is 15.4. The van der Waals surface area contributed by atoms with Crippen molar-refractivity contribution in [3.8, 4) is 0 Å². The fourth-order valence-corrected chi connectivity index (χ4v) is 1.82. The number of halogens is 1. The maximum Gasteiger partial charge on any atom is 0.270 e. The van der Waals surface area contributed by atoms with E-state index < -0.39 is 4.92 Å². The Hall–Kier alpha value is -1.82. The van der Waals surface area contributed by atoms with Gasteiger partial charge in [0.25, 0.3) is 5.69 Å². The molecular weight excluding hydrogens is 256 g/mol. The fraction of sp³-hybridized carbons (Fsp3) is 0.364. The smallest absolute Gasteiger partial charge is 0.270 e.